The standard InChI is InChI=1S/C15H19ClN2O/c16-11-3-1-5-13(9-11)18-8-7-15(14(18)19)6-2-4-12(17)10-15/h1,3,5,9,12H,2,4,6-8,10,17H2. The summed E-state index contributed by atoms with van der Waals surface area (Å²) < 4.78 is 0. The van der Waals surface area contributed by atoms with E-state index in [-0.39, 0.29) is 17.4 Å². The van der Waals surface area contributed by atoms with Gasteiger partial charge in [-0.3, -0.25) is 4.79 Å². The van der Waals surface area contributed by atoms with E-state index in [9.17, 15) is 4.79 Å². The van der Waals surface area contributed by atoms with Crippen LogP contribution in [0.1, 0.15) is 32.1 Å². The van der Waals surface area contributed by atoms with Gasteiger partial charge in [-0.2, -0.15) is 0 Å². The van der Waals surface area contributed by atoms with Crippen LogP contribution in [0.15, 0.2) is 24.3 Å². The maximum atomic E-state index is 12.8. The molecule has 1 saturated carbocycles. The average Bonchev–Trinajstić information content (AvgIpc) is 2.67. The molecular formula is C15H19ClN2O. The summed E-state index contributed by atoms with van der Waals surface area (Å²) in [4.78, 5) is 14.6. The number of hydrogen-bond acceptors (Lipinski definition) is 2. The fourth-order valence-electron chi connectivity index (χ4n) is 3.54. The molecule has 1 amide bonds. The highest BCUT2D eigenvalue weighted by atomic mass is 35.5. The maximum Gasteiger partial charge on any atom is 0.233 e. The molecule has 1 saturated heterocycles. The van der Waals surface area contributed by atoms with Gasteiger partial charge in [0.1, 0.15) is 0 Å². The zero-order valence-corrected chi connectivity index (χ0v) is 11.7. The lowest BCUT2D eigenvalue weighted by atomic mass is 9.71. The number of nitrogens with two attached hydrogens (primary N) is 1. The Kier molecular flexibility index (Phi) is 3.27. The summed E-state index contributed by atoms with van der Waals surface area (Å²) in [7, 11) is 0. The summed E-state index contributed by atoms with van der Waals surface area (Å²) in [5.74, 6) is 0.241. The smallest absolute Gasteiger partial charge is 0.233 e. The Morgan fingerprint density at radius 3 is 2.95 bits per heavy atom. The SMILES string of the molecule is NC1CCCC2(CCN(c3cccc(Cl)c3)C2=O)C1. The number of rotatable bonds is 1. The van der Waals surface area contributed by atoms with Crippen LogP contribution in [0.25, 0.3) is 0 Å². The van der Waals surface area contributed by atoms with Crippen molar-refractivity contribution in [2.75, 3.05) is 11.4 Å². The molecule has 2 aliphatic rings. The highest BCUT2D eigenvalue weighted by Crippen LogP contribution is 2.45. The van der Waals surface area contributed by atoms with E-state index in [1.165, 1.54) is 0 Å². The van der Waals surface area contributed by atoms with Crippen molar-refractivity contribution >= 4 is 23.2 Å². The molecule has 2 atom stereocenters. The number of hydrogen-bond donors (Lipinski definition) is 1. The minimum Gasteiger partial charge on any atom is -0.328 e. The van der Waals surface area contributed by atoms with Crippen LogP contribution >= 0.6 is 11.6 Å². The van der Waals surface area contributed by atoms with Gasteiger partial charge in [-0.05, 0) is 43.9 Å². The zero-order chi connectivity index (χ0) is 13.5. The number of anilines is 1. The summed E-state index contributed by atoms with van der Waals surface area (Å²) >= 11 is 6.01. The van der Waals surface area contributed by atoms with Crippen LogP contribution in [0, 0.1) is 5.41 Å². The van der Waals surface area contributed by atoms with E-state index < -0.39 is 0 Å². The number of amides is 1. The fraction of sp³-hybridized carbons (Fsp3) is 0.533. The number of carbonyl (C=O) groups is 1. The molecule has 2 unspecified atom stereocenters. The van der Waals surface area contributed by atoms with E-state index in [2.05, 4.69) is 0 Å². The van der Waals surface area contributed by atoms with Gasteiger partial charge in [-0.15, -0.1) is 0 Å². The molecule has 2 fully saturated rings. The molecule has 0 radical (unpaired) electrons. The summed E-state index contributed by atoms with van der Waals surface area (Å²) in [5.41, 5.74) is 6.77. The minimum atomic E-state index is -0.208. The quantitative estimate of drug-likeness (QED) is 0.858. The van der Waals surface area contributed by atoms with E-state index in [1.807, 2.05) is 29.2 Å². The third kappa shape index (κ3) is 2.26. The van der Waals surface area contributed by atoms with Crippen LogP contribution in [0.2, 0.25) is 5.02 Å². The summed E-state index contributed by atoms with van der Waals surface area (Å²) in [5, 5.41) is 0.673. The molecule has 1 aromatic carbocycles. The maximum absolute atomic E-state index is 12.8. The Labute approximate surface area is 118 Å². The molecule has 102 valence electrons. The molecule has 1 aliphatic heterocycles. The van der Waals surface area contributed by atoms with Crippen molar-refractivity contribution < 1.29 is 4.79 Å². The summed E-state index contributed by atoms with van der Waals surface area (Å²) in [6.45, 7) is 0.784. The predicted octanol–water partition coefficient (Wildman–Crippen LogP) is 2.96. The normalized spacial score (nSPS) is 31.2. The lowest BCUT2D eigenvalue weighted by molar-refractivity contribution is -0.127. The second kappa shape index (κ2) is 4.80. The van der Waals surface area contributed by atoms with Gasteiger partial charge in [0.05, 0.1) is 5.41 Å². The highest BCUT2D eigenvalue weighted by Gasteiger charge is 2.48. The van der Waals surface area contributed by atoms with Crippen molar-refractivity contribution in [3.63, 3.8) is 0 Å². The fourth-order valence-corrected chi connectivity index (χ4v) is 3.73. The molecule has 0 aromatic heterocycles. The molecule has 2 N–H and O–H groups in total. The average molecular weight is 279 g/mol. The van der Waals surface area contributed by atoms with Crippen molar-refractivity contribution in [2.24, 2.45) is 11.1 Å². The number of halogens is 1. The third-order valence-electron chi connectivity index (χ3n) is 4.52. The molecule has 4 heteroatoms. The predicted molar refractivity (Wildman–Crippen MR) is 77.3 cm³/mol. The van der Waals surface area contributed by atoms with Crippen molar-refractivity contribution in [1.29, 1.82) is 0 Å². The molecule has 1 aliphatic carbocycles. The Hall–Kier alpha value is -1.06. The molecule has 0 bridgehead atoms. The molecular weight excluding hydrogens is 260 g/mol. The van der Waals surface area contributed by atoms with E-state index >= 15 is 0 Å². The van der Waals surface area contributed by atoms with Crippen LogP contribution in [0.4, 0.5) is 5.69 Å². The minimum absolute atomic E-state index is 0.178. The van der Waals surface area contributed by atoms with Gasteiger partial charge in [0.2, 0.25) is 5.91 Å². The largest absolute Gasteiger partial charge is 0.328 e. The van der Waals surface area contributed by atoms with Gasteiger partial charge in [0.25, 0.3) is 0 Å². The van der Waals surface area contributed by atoms with Crippen molar-refractivity contribution in [3.05, 3.63) is 29.3 Å². The lowest BCUT2D eigenvalue weighted by Crippen LogP contribution is -2.42. The molecule has 3 nitrogen and oxygen atoms in total. The molecule has 19 heavy (non-hydrogen) atoms. The number of carbonyl (C=O) groups excluding carboxylic acids is 1. The monoisotopic (exact) mass is 278 g/mol. The van der Waals surface area contributed by atoms with Gasteiger partial charge in [0.15, 0.2) is 0 Å². The van der Waals surface area contributed by atoms with Crippen LogP contribution in [0.3, 0.4) is 0 Å². The third-order valence-corrected chi connectivity index (χ3v) is 4.75. The first-order chi connectivity index (χ1) is 9.11. The van der Waals surface area contributed by atoms with E-state index in [1.54, 1.807) is 0 Å². The van der Waals surface area contributed by atoms with Gasteiger partial charge < -0.3 is 10.6 Å². The second-order valence-corrected chi connectivity index (χ2v) is 6.26. The van der Waals surface area contributed by atoms with Crippen LogP contribution in [-0.4, -0.2) is 18.5 Å². The van der Waals surface area contributed by atoms with Crippen molar-refractivity contribution in [1.82, 2.24) is 0 Å². The van der Waals surface area contributed by atoms with E-state index in [0.717, 1.165) is 44.3 Å². The summed E-state index contributed by atoms with van der Waals surface area (Å²) in [6, 6.07) is 7.71. The topological polar surface area (TPSA) is 46.3 Å². The Balaban J connectivity index is 1.86. The van der Waals surface area contributed by atoms with Crippen molar-refractivity contribution in [2.45, 2.75) is 38.1 Å². The molecule has 1 heterocycles. The highest BCUT2D eigenvalue weighted by molar-refractivity contribution is 6.31. The van der Waals surface area contributed by atoms with Gasteiger partial charge >= 0.3 is 0 Å². The second-order valence-electron chi connectivity index (χ2n) is 5.82. The molecule has 3 rings (SSSR count). The van der Waals surface area contributed by atoms with Crippen molar-refractivity contribution in [3.8, 4) is 0 Å². The number of nitrogens with zero attached hydrogens (tertiary/aromatic N) is 1. The molecule has 1 aromatic rings. The van der Waals surface area contributed by atoms with E-state index in [4.69, 9.17) is 17.3 Å². The first-order valence-corrected chi connectivity index (χ1v) is 7.32. The Morgan fingerprint density at radius 1 is 1.37 bits per heavy atom. The van der Waals surface area contributed by atoms with Gasteiger partial charge in [-0.25, -0.2) is 0 Å². The number of benzene rings is 1. The first kappa shape index (κ1) is 12.9. The van der Waals surface area contributed by atoms with Gasteiger partial charge in [0, 0.05) is 23.3 Å². The first-order valence-electron chi connectivity index (χ1n) is 6.94. The molecule has 1 spiro atoms. The zero-order valence-electron chi connectivity index (χ0n) is 10.9. The summed E-state index contributed by atoms with van der Waals surface area (Å²) in [6.07, 6.45) is 4.86. The Bertz CT molecular complexity index is 505. The van der Waals surface area contributed by atoms with Crippen LogP contribution in [0.5, 0.6) is 0 Å². The Morgan fingerprint density at radius 2 is 2.21 bits per heavy atom. The van der Waals surface area contributed by atoms with Crippen LogP contribution < -0.4 is 10.6 Å². The van der Waals surface area contributed by atoms with Crippen LogP contribution in [-0.2, 0) is 4.79 Å². The van der Waals surface area contributed by atoms with Gasteiger partial charge in [-0.1, -0.05) is 24.1 Å². The van der Waals surface area contributed by atoms with E-state index in [0.29, 0.717) is 5.02 Å². The lowest BCUT2D eigenvalue weighted by Gasteiger charge is -2.35.